The molecule has 2 heterocycles. The highest BCUT2D eigenvalue weighted by Gasteiger charge is 2.18. The zero-order chi connectivity index (χ0) is 12.3. The maximum absolute atomic E-state index is 11.6. The van der Waals surface area contributed by atoms with Crippen molar-refractivity contribution >= 4 is 17.4 Å². The molecule has 1 aliphatic heterocycles. The van der Waals surface area contributed by atoms with E-state index in [1.54, 1.807) is 13.1 Å². The molecule has 1 aliphatic rings. The molecule has 0 unspecified atom stereocenters. The highest BCUT2D eigenvalue weighted by molar-refractivity contribution is 5.96. The molecule has 1 saturated heterocycles. The summed E-state index contributed by atoms with van der Waals surface area (Å²) in [4.78, 5) is 18.1. The average Bonchev–Trinajstić information content (AvgIpc) is 2.83. The monoisotopic (exact) mass is 234 g/mol. The second-order valence-corrected chi connectivity index (χ2v) is 4.35. The number of hydrogen-bond donors (Lipinski definition) is 2. The summed E-state index contributed by atoms with van der Waals surface area (Å²) in [6.45, 7) is 3.66. The predicted molar refractivity (Wildman–Crippen MR) is 68.0 cm³/mol. The van der Waals surface area contributed by atoms with Gasteiger partial charge in [-0.15, -0.1) is 0 Å². The third-order valence-electron chi connectivity index (χ3n) is 2.86. The van der Waals surface area contributed by atoms with Crippen LogP contribution in [0.1, 0.15) is 19.8 Å². The number of amides is 1. The number of nitrogens with one attached hydrogen (secondary N) is 1. The van der Waals surface area contributed by atoms with E-state index in [1.165, 1.54) is 12.8 Å². The molecule has 0 aromatic carbocycles. The molecule has 0 spiro atoms. The van der Waals surface area contributed by atoms with Crippen molar-refractivity contribution in [3.8, 4) is 0 Å². The second kappa shape index (κ2) is 5.14. The Labute approximate surface area is 101 Å². The molecule has 17 heavy (non-hydrogen) atoms. The molecule has 1 aromatic rings. The van der Waals surface area contributed by atoms with Crippen LogP contribution < -0.4 is 16.0 Å². The van der Waals surface area contributed by atoms with Gasteiger partial charge in [0, 0.05) is 19.3 Å². The Morgan fingerprint density at radius 1 is 1.53 bits per heavy atom. The minimum atomic E-state index is -0.512. The van der Waals surface area contributed by atoms with Crippen LogP contribution in [-0.4, -0.2) is 30.0 Å². The van der Waals surface area contributed by atoms with Crippen LogP contribution in [0.4, 0.5) is 11.5 Å². The van der Waals surface area contributed by atoms with Crippen molar-refractivity contribution in [1.29, 1.82) is 0 Å². The third-order valence-corrected chi connectivity index (χ3v) is 2.86. The molecule has 1 atom stereocenters. The molecule has 1 amide bonds. The van der Waals surface area contributed by atoms with Crippen molar-refractivity contribution in [2.75, 3.05) is 23.3 Å². The van der Waals surface area contributed by atoms with Crippen molar-refractivity contribution in [3.63, 3.8) is 0 Å². The average molecular weight is 234 g/mol. The minimum Gasteiger partial charge on any atom is -0.355 e. The van der Waals surface area contributed by atoms with Crippen LogP contribution in [0.15, 0.2) is 18.3 Å². The van der Waals surface area contributed by atoms with Gasteiger partial charge in [-0.05, 0) is 31.9 Å². The van der Waals surface area contributed by atoms with E-state index < -0.39 is 6.04 Å². The number of hydrogen-bond acceptors (Lipinski definition) is 4. The van der Waals surface area contributed by atoms with Gasteiger partial charge in [0.25, 0.3) is 0 Å². The molecule has 2 rings (SSSR count). The van der Waals surface area contributed by atoms with Gasteiger partial charge in [-0.3, -0.25) is 4.79 Å². The van der Waals surface area contributed by atoms with Crippen LogP contribution in [0.3, 0.4) is 0 Å². The van der Waals surface area contributed by atoms with Crippen molar-refractivity contribution in [2.24, 2.45) is 5.73 Å². The lowest BCUT2D eigenvalue weighted by Crippen LogP contribution is -2.33. The Hall–Kier alpha value is -1.62. The van der Waals surface area contributed by atoms with Gasteiger partial charge in [-0.25, -0.2) is 4.98 Å². The van der Waals surface area contributed by atoms with Gasteiger partial charge in [0.1, 0.15) is 0 Å². The Morgan fingerprint density at radius 3 is 2.88 bits per heavy atom. The zero-order valence-corrected chi connectivity index (χ0v) is 10.0. The molecular formula is C12H18N4O. The standard InChI is InChI=1S/C12H18N4O/c1-9(13)12(17)15-10-5-4-6-14-11(10)16-7-2-3-8-16/h4-6,9H,2-3,7-8,13H2,1H3,(H,15,17)/t9-/m0/s1. The summed E-state index contributed by atoms with van der Waals surface area (Å²) in [5.41, 5.74) is 6.29. The minimum absolute atomic E-state index is 0.182. The van der Waals surface area contributed by atoms with Gasteiger partial charge < -0.3 is 16.0 Å². The smallest absolute Gasteiger partial charge is 0.241 e. The van der Waals surface area contributed by atoms with Crippen LogP contribution in [0, 0.1) is 0 Å². The van der Waals surface area contributed by atoms with Gasteiger partial charge in [0.15, 0.2) is 5.82 Å². The first-order chi connectivity index (χ1) is 8.18. The second-order valence-electron chi connectivity index (χ2n) is 4.35. The van der Waals surface area contributed by atoms with Crippen molar-refractivity contribution in [3.05, 3.63) is 18.3 Å². The maximum atomic E-state index is 11.6. The number of aromatic nitrogens is 1. The molecule has 1 aromatic heterocycles. The molecule has 0 saturated carbocycles. The molecule has 0 aliphatic carbocycles. The van der Waals surface area contributed by atoms with E-state index in [9.17, 15) is 4.79 Å². The summed E-state index contributed by atoms with van der Waals surface area (Å²) >= 11 is 0. The molecule has 0 bridgehead atoms. The topological polar surface area (TPSA) is 71.2 Å². The van der Waals surface area contributed by atoms with Crippen molar-refractivity contribution in [1.82, 2.24) is 4.98 Å². The van der Waals surface area contributed by atoms with E-state index in [2.05, 4.69) is 15.2 Å². The summed E-state index contributed by atoms with van der Waals surface area (Å²) < 4.78 is 0. The normalized spacial score (nSPS) is 16.9. The number of carbonyl (C=O) groups excluding carboxylic acids is 1. The Kier molecular flexibility index (Phi) is 3.58. The summed E-state index contributed by atoms with van der Waals surface area (Å²) in [5.74, 6) is 0.664. The summed E-state index contributed by atoms with van der Waals surface area (Å²) in [6, 6.07) is 3.17. The van der Waals surface area contributed by atoms with Gasteiger partial charge >= 0.3 is 0 Å². The first-order valence-corrected chi connectivity index (χ1v) is 5.95. The van der Waals surface area contributed by atoms with Crippen molar-refractivity contribution in [2.45, 2.75) is 25.8 Å². The molecule has 0 radical (unpaired) electrons. The van der Waals surface area contributed by atoms with E-state index >= 15 is 0 Å². The highest BCUT2D eigenvalue weighted by Crippen LogP contribution is 2.25. The summed E-state index contributed by atoms with van der Waals surface area (Å²) in [6.07, 6.45) is 4.10. The summed E-state index contributed by atoms with van der Waals surface area (Å²) in [7, 11) is 0. The molecule has 3 N–H and O–H groups in total. The number of nitrogens with two attached hydrogens (primary N) is 1. The fraction of sp³-hybridized carbons (Fsp3) is 0.500. The Balaban J connectivity index is 2.18. The van der Waals surface area contributed by atoms with E-state index in [1.807, 2.05) is 12.1 Å². The molecule has 1 fully saturated rings. The first-order valence-electron chi connectivity index (χ1n) is 5.95. The number of carbonyl (C=O) groups is 1. The lowest BCUT2D eigenvalue weighted by molar-refractivity contribution is -0.117. The van der Waals surface area contributed by atoms with E-state index in [-0.39, 0.29) is 5.91 Å². The van der Waals surface area contributed by atoms with E-state index in [0.717, 1.165) is 24.6 Å². The fourth-order valence-electron chi connectivity index (χ4n) is 1.92. The highest BCUT2D eigenvalue weighted by atomic mass is 16.2. The van der Waals surface area contributed by atoms with E-state index in [0.29, 0.717) is 0 Å². The lowest BCUT2D eigenvalue weighted by Gasteiger charge is -2.20. The maximum Gasteiger partial charge on any atom is 0.241 e. The fourth-order valence-corrected chi connectivity index (χ4v) is 1.92. The first kappa shape index (κ1) is 11.9. The molecule has 5 heteroatoms. The van der Waals surface area contributed by atoms with Gasteiger partial charge in [-0.2, -0.15) is 0 Å². The van der Waals surface area contributed by atoms with Gasteiger partial charge in [-0.1, -0.05) is 0 Å². The molecule has 92 valence electrons. The Bertz CT molecular complexity index is 399. The van der Waals surface area contributed by atoms with Crippen molar-refractivity contribution < 1.29 is 4.79 Å². The van der Waals surface area contributed by atoms with Crippen LogP contribution >= 0.6 is 0 Å². The van der Waals surface area contributed by atoms with Gasteiger partial charge in [0.2, 0.25) is 5.91 Å². The SMILES string of the molecule is C[C@H](N)C(=O)Nc1cccnc1N1CCCC1. The number of nitrogens with zero attached hydrogens (tertiary/aromatic N) is 2. The van der Waals surface area contributed by atoms with Crippen LogP contribution in [0.5, 0.6) is 0 Å². The quantitative estimate of drug-likeness (QED) is 0.817. The Morgan fingerprint density at radius 2 is 2.24 bits per heavy atom. The van der Waals surface area contributed by atoms with Crippen LogP contribution in [0.2, 0.25) is 0 Å². The van der Waals surface area contributed by atoms with Gasteiger partial charge in [0.05, 0.1) is 11.7 Å². The van der Waals surface area contributed by atoms with E-state index in [4.69, 9.17) is 5.73 Å². The van der Waals surface area contributed by atoms with Crippen LogP contribution in [0.25, 0.3) is 0 Å². The number of anilines is 2. The predicted octanol–water partition coefficient (Wildman–Crippen LogP) is 0.967. The largest absolute Gasteiger partial charge is 0.355 e. The molecule has 5 nitrogen and oxygen atoms in total. The number of pyridine rings is 1. The lowest BCUT2D eigenvalue weighted by atomic mass is 10.3. The zero-order valence-electron chi connectivity index (χ0n) is 10.0. The van der Waals surface area contributed by atoms with Crippen LogP contribution in [-0.2, 0) is 4.79 Å². The third kappa shape index (κ3) is 2.74. The summed E-state index contributed by atoms with van der Waals surface area (Å²) in [5, 5.41) is 2.82. The molecular weight excluding hydrogens is 216 g/mol. The number of rotatable bonds is 3.